The number of benzene rings is 1. The first-order chi connectivity index (χ1) is 9.11. The van der Waals surface area contributed by atoms with Crippen molar-refractivity contribution in [3.63, 3.8) is 0 Å². The van der Waals surface area contributed by atoms with Gasteiger partial charge in [-0.3, -0.25) is 0 Å². The Morgan fingerprint density at radius 2 is 2.26 bits per heavy atom. The van der Waals surface area contributed by atoms with Crippen molar-refractivity contribution >= 4 is 22.9 Å². The lowest BCUT2D eigenvalue weighted by atomic mass is 10.0. The first kappa shape index (κ1) is 14.4. The molecule has 102 valence electrons. The molecule has 2 rings (SSSR count). The summed E-state index contributed by atoms with van der Waals surface area (Å²) in [4.78, 5) is 5.48. The van der Waals surface area contributed by atoms with Crippen LogP contribution in [0.3, 0.4) is 0 Å². The summed E-state index contributed by atoms with van der Waals surface area (Å²) in [5.41, 5.74) is 3.81. The molecule has 1 aromatic heterocycles. The number of nitrogens with zero attached hydrogens (tertiary/aromatic N) is 1. The number of likely N-dealkylation sites (N-methyl/N-ethyl adjacent to an activating group) is 1. The molecule has 1 atom stereocenters. The maximum atomic E-state index is 13.5. The zero-order valence-electron chi connectivity index (χ0n) is 10.9. The van der Waals surface area contributed by atoms with Gasteiger partial charge in [-0.25, -0.2) is 9.37 Å². The molecule has 1 aromatic carbocycles. The fourth-order valence-corrected chi connectivity index (χ4v) is 3.05. The van der Waals surface area contributed by atoms with Crippen LogP contribution in [0, 0.1) is 12.7 Å². The number of thiazole rings is 1. The molecule has 0 fully saturated rings. The SMILES string of the molecule is CCNC(Cc1ccc(Cl)c(F)c1)c1scnc1C. The molecule has 0 saturated carbocycles. The molecule has 1 N–H and O–H groups in total. The van der Waals surface area contributed by atoms with Crippen LogP contribution < -0.4 is 5.32 Å². The summed E-state index contributed by atoms with van der Waals surface area (Å²) in [6.45, 7) is 4.92. The summed E-state index contributed by atoms with van der Waals surface area (Å²) in [5, 5.41) is 3.59. The zero-order chi connectivity index (χ0) is 13.8. The van der Waals surface area contributed by atoms with Crippen LogP contribution in [0.15, 0.2) is 23.7 Å². The Morgan fingerprint density at radius 3 is 2.84 bits per heavy atom. The van der Waals surface area contributed by atoms with Gasteiger partial charge in [0.05, 0.1) is 16.2 Å². The minimum Gasteiger partial charge on any atom is -0.309 e. The van der Waals surface area contributed by atoms with Crippen LogP contribution in [0.1, 0.15) is 29.1 Å². The first-order valence-electron chi connectivity index (χ1n) is 6.19. The van der Waals surface area contributed by atoms with Gasteiger partial charge in [-0.1, -0.05) is 24.6 Å². The van der Waals surface area contributed by atoms with Gasteiger partial charge in [-0.15, -0.1) is 11.3 Å². The van der Waals surface area contributed by atoms with E-state index in [1.165, 1.54) is 10.9 Å². The zero-order valence-corrected chi connectivity index (χ0v) is 12.5. The molecule has 19 heavy (non-hydrogen) atoms. The van der Waals surface area contributed by atoms with Crippen molar-refractivity contribution in [2.45, 2.75) is 26.3 Å². The minimum absolute atomic E-state index is 0.165. The predicted molar refractivity (Wildman–Crippen MR) is 78.4 cm³/mol. The highest BCUT2D eigenvalue weighted by Gasteiger charge is 2.16. The smallest absolute Gasteiger partial charge is 0.142 e. The molecule has 1 unspecified atom stereocenters. The minimum atomic E-state index is -0.365. The Hall–Kier alpha value is -0.970. The Labute approximate surface area is 121 Å². The van der Waals surface area contributed by atoms with Crippen molar-refractivity contribution in [3.8, 4) is 0 Å². The topological polar surface area (TPSA) is 24.9 Å². The van der Waals surface area contributed by atoms with Gasteiger partial charge < -0.3 is 5.32 Å². The van der Waals surface area contributed by atoms with E-state index in [1.54, 1.807) is 17.4 Å². The third-order valence-electron chi connectivity index (χ3n) is 2.97. The molecular formula is C14H16ClFN2S. The van der Waals surface area contributed by atoms with E-state index in [0.717, 1.165) is 24.2 Å². The summed E-state index contributed by atoms with van der Waals surface area (Å²) in [5.74, 6) is -0.365. The number of aryl methyl sites for hydroxylation is 1. The maximum absolute atomic E-state index is 13.5. The van der Waals surface area contributed by atoms with Crippen molar-refractivity contribution in [2.75, 3.05) is 6.54 Å². The van der Waals surface area contributed by atoms with Crippen LogP contribution in [0.5, 0.6) is 0 Å². The van der Waals surface area contributed by atoms with Crippen molar-refractivity contribution < 1.29 is 4.39 Å². The average Bonchev–Trinajstić information content (AvgIpc) is 2.79. The molecule has 0 aliphatic rings. The lowest BCUT2D eigenvalue weighted by molar-refractivity contribution is 0.551. The second-order valence-corrected chi connectivity index (χ2v) is 5.66. The van der Waals surface area contributed by atoms with Gasteiger partial charge in [0.1, 0.15) is 5.82 Å². The molecule has 0 radical (unpaired) electrons. The highest BCUT2D eigenvalue weighted by molar-refractivity contribution is 7.09. The van der Waals surface area contributed by atoms with Crippen LogP contribution in [0.2, 0.25) is 5.02 Å². The number of aromatic nitrogens is 1. The van der Waals surface area contributed by atoms with Gasteiger partial charge in [0.15, 0.2) is 0 Å². The molecule has 2 nitrogen and oxygen atoms in total. The summed E-state index contributed by atoms with van der Waals surface area (Å²) >= 11 is 7.34. The van der Waals surface area contributed by atoms with E-state index in [-0.39, 0.29) is 16.9 Å². The molecule has 5 heteroatoms. The van der Waals surface area contributed by atoms with Gasteiger partial charge in [0, 0.05) is 10.9 Å². The van der Waals surface area contributed by atoms with E-state index in [0.29, 0.717) is 0 Å². The number of hydrogen-bond acceptors (Lipinski definition) is 3. The van der Waals surface area contributed by atoms with Crippen LogP contribution in [-0.2, 0) is 6.42 Å². The van der Waals surface area contributed by atoms with E-state index in [2.05, 4.69) is 17.2 Å². The van der Waals surface area contributed by atoms with Gasteiger partial charge in [0.25, 0.3) is 0 Å². The summed E-state index contributed by atoms with van der Waals surface area (Å²) in [7, 11) is 0. The predicted octanol–water partition coefficient (Wildman–Crippen LogP) is 4.14. The van der Waals surface area contributed by atoms with Crippen LogP contribution in [0.4, 0.5) is 4.39 Å². The molecular weight excluding hydrogens is 283 g/mol. The molecule has 2 aromatic rings. The van der Waals surface area contributed by atoms with Crippen LogP contribution in [-0.4, -0.2) is 11.5 Å². The number of rotatable bonds is 5. The summed E-state index contributed by atoms with van der Waals surface area (Å²) < 4.78 is 13.5. The largest absolute Gasteiger partial charge is 0.309 e. The fourth-order valence-electron chi connectivity index (χ4n) is 2.05. The van der Waals surface area contributed by atoms with Crippen LogP contribution >= 0.6 is 22.9 Å². The molecule has 0 aliphatic heterocycles. The average molecular weight is 299 g/mol. The van der Waals surface area contributed by atoms with Crippen molar-refractivity contribution in [1.29, 1.82) is 0 Å². The summed E-state index contributed by atoms with van der Waals surface area (Å²) in [6, 6.07) is 5.14. The van der Waals surface area contributed by atoms with Gasteiger partial charge in [-0.05, 0) is 37.6 Å². The molecule has 0 spiro atoms. The standard InChI is InChI=1S/C14H16ClFN2S/c1-3-17-13(14-9(2)18-8-19-14)7-10-4-5-11(15)12(16)6-10/h4-6,8,13,17H,3,7H2,1-2H3. The highest BCUT2D eigenvalue weighted by atomic mass is 35.5. The molecule has 0 bridgehead atoms. The van der Waals surface area contributed by atoms with Gasteiger partial charge >= 0.3 is 0 Å². The number of halogens is 2. The maximum Gasteiger partial charge on any atom is 0.142 e. The Bertz CT molecular complexity index is 556. The van der Waals surface area contributed by atoms with Gasteiger partial charge in [0.2, 0.25) is 0 Å². The fraction of sp³-hybridized carbons (Fsp3) is 0.357. The molecule has 1 heterocycles. The second-order valence-electron chi connectivity index (χ2n) is 4.36. The van der Waals surface area contributed by atoms with E-state index < -0.39 is 0 Å². The Morgan fingerprint density at radius 1 is 1.47 bits per heavy atom. The van der Waals surface area contributed by atoms with Gasteiger partial charge in [-0.2, -0.15) is 0 Å². The van der Waals surface area contributed by atoms with E-state index in [9.17, 15) is 4.39 Å². The normalized spacial score (nSPS) is 12.6. The third-order valence-corrected chi connectivity index (χ3v) is 4.32. The van der Waals surface area contributed by atoms with Crippen molar-refractivity contribution in [2.24, 2.45) is 0 Å². The highest BCUT2D eigenvalue weighted by Crippen LogP contribution is 2.26. The molecule has 0 amide bonds. The quantitative estimate of drug-likeness (QED) is 0.897. The van der Waals surface area contributed by atoms with E-state index in [4.69, 9.17) is 11.6 Å². The number of nitrogens with one attached hydrogen (secondary N) is 1. The van der Waals surface area contributed by atoms with Crippen LogP contribution in [0.25, 0.3) is 0 Å². The monoisotopic (exact) mass is 298 g/mol. The number of hydrogen-bond donors (Lipinski definition) is 1. The summed E-state index contributed by atoms with van der Waals surface area (Å²) in [6.07, 6.45) is 0.727. The second kappa shape index (κ2) is 6.46. The molecule has 0 saturated heterocycles. The van der Waals surface area contributed by atoms with Crippen molar-refractivity contribution in [1.82, 2.24) is 10.3 Å². The third kappa shape index (κ3) is 3.53. The lowest BCUT2D eigenvalue weighted by Crippen LogP contribution is -2.22. The van der Waals surface area contributed by atoms with E-state index >= 15 is 0 Å². The van der Waals surface area contributed by atoms with E-state index in [1.807, 2.05) is 18.5 Å². The lowest BCUT2D eigenvalue weighted by Gasteiger charge is -2.17. The molecule has 0 aliphatic carbocycles. The Balaban J connectivity index is 2.21. The Kier molecular flexibility index (Phi) is 4.91. The van der Waals surface area contributed by atoms with Crippen molar-refractivity contribution in [3.05, 3.63) is 50.7 Å². The first-order valence-corrected chi connectivity index (χ1v) is 7.45.